The van der Waals surface area contributed by atoms with Crippen LogP contribution in [0.1, 0.15) is 0 Å². The van der Waals surface area contributed by atoms with Crippen LogP contribution in [0.3, 0.4) is 0 Å². The topological polar surface area (TPSA) is 0 Å². The predicted octanol–water partition coefficient (Wildman–Crippen LogP) is 4.05. The first-order chi connectivity index (χ1) is 7.21. The summed E-state index contributed by atoms with van der Waals surface area (Å²) in [6.45, 7) is 0. The van der Waals surface area contributed by atoms with Gasteiger partial charge >= 0.3 is 116 Å². The van der Waals surface area contributed by atoms with Crippen molar-refractivity contribution < 1.29 is 0 Å². The summed E-state index contributed by atoms with van der Waals surface area (Å²) < 4.78 is 5.14. The average molecular weight is 466 g/mol. The summed E-state index contributed by atoms with van der Waals surface area (Å²) in [5, 5.41) is 6.65. The second-order valence-electron chi connectivity index (χ2n) is 6.46. The summed E-state index contributed by atoms with van der Waals surface area (Å²) in [6.07, 6.45) is 0. The van der Waals surface area contributed by atoms with E-state index >= 15 is 0 Å². The van der Waals surface area contributed by atoms with E-state index in [0.717, 1.165) is 0 Å². The van der Waals surface area contributed by atoms with Gasteiger partial charge in [0.1, 0.15) is 0 Å². The zero-order chi connectivity index (χ0) is 12.1. The Kier molecular flexibility index (Phi) is 3.78. The average Bonchev–Trinajstić information content (AvgIpc) is 2.54. The van der Waals surface area contributed by atoms with Gasteiger partial charge in [-0.3, -0.25) is 0 Å². The van der Waals surface area contributed by atoms with Crippen LogP contribution in [-0.2, 0) is 0 Å². The molecule has 88 valence electrons. The zero-order valence-corrected chi connectivity index (χ0v) is 18.3. The van der Waals surface area contributed by atoms with Gasteiger partial charge in [0, 0.05) is 0 Å². The van der Waals surface area contributed by atoms with Crippen molar-refractivity contribution in [2.45, 2.75) is 29.6 Å². The van der Waals surface area contributed by atoms with E-state index in [0.29, 0.717) is 0 Å². The van der Waals surface area contributed by atoms with Crippen molar-refractivity contribution in [1.82, 2.24) is 0 Å². The molecule has 0 fully saturated rings. The normalized spacial score (nSPS) is 13.6. The van der Waals surface area contributed by atoms with Crippen molar-refractivity contribution in [2.75, 3.05) is 0 Å². The first kappa shape index (κ1) is 13.7. The molecule has 0 aliphatic carbocycles. The van der Waals surface area contributed by atoms with Crippen LogP contribution in [0.5, 0.6) is 0 Å². The quantitative estimate of drug-likeness (QED) is 0.587. The first-order valence-corrected chi connectivity index (χ1v) is 27.4. The van der Waals surface area contributed by atoms with Crippen molar-refractivity contribution in [3.63, 3.8) is 0 Å². The van der Waals surface area contributed by atoms with E-state index in [1.807, 2.05) is 22.7 Å². The third-order valence-electron chi connectivity index (χ3n) is 2.93. The minimum absolute atomic E-state index is 1.59. The number of fused-ring (bicyclic) bond motifs is 1. The third kappa shape index (κ3) is 2.49. The number of rotatable bonds is 2. The van der Waals surface area contributed by atoms with Crippen molar-refractivity contribution in [1.29, 1.82) is 0 Å². The first-order valence-electron chi connectivity index (χ1n) is 5.71. The standard InChI is InChI=1S/C6H2S2.6CH3.2Sn/c1-3-7-6-5(1)2-4-8-6;;;;;;;;/h3-4H;6*1H3;;. The molecular formula is C12H20S2Sn2. The Morgan fingerprint density at radius 3 is 1.44 bits per heavy atom. The second-order valence-corrected chi connectivity index (χ2v) is 37.2. The minimum atomic E-state index is -1.91. The van der Waals surface area contributed by atoms with Crippen LogP contribution < -0.4 is 7.16 Å². The maximum atomic E-state index is 2.54. The van der Waals surface area contributed by atoms with E-state index < -0.39 is 36.8 Å². The molecule has 0 spiro atoms. The number of thiophene rings is 2. The summed E-state index contributed by atoms with van der Waals surface area (Å²) in [4.78, 5) is 15.2. The Hall–Kier alpha value is 1.26. The molecule has 2 aromatic heterocycles. The van der Waals surface area contributed by atoms with Gasteiger partial charge in [-0.2, -0.15) is 0 Å². The number of hydrogen-bond acceptors (Lipinski definition) is 2. The molecule has 0 amide bonds. The van der Waals surface area contributed by atoms with Gasteiger partial charge < -0.3 is 0 Å². The van der Waals surface area contributed by atoms with Crippen LogP contribution in [0.2, 0.25) is 29.6 Å². The van der Waals surface area contributed by atoms with E-state index in [1.165, 1.54) is 0 Å². The van der Waals surface area contributed by atoms with Crippen LogP contribution in [-0.4, -0.2) is 36.8 Å². The van der Waals surface area contributed by atoms with E-state index in [9.17, 15) is 0 Å². The molecule has 0 nitrogen and oxygen atoms in total. The van der Waals surface area contributed by atoms with Gasteiger partial charge in [0.2, 0.25) is 0 Å². The summed E-state index contributed by atoms with van der Waals surface area (Å²) in [5.41, 5.74) is 0. The van der Waals surface area contributed by atoms with Gasteiger partial charge in [-0.25, -0.2) is 0 Å². The molecule has 0 atom stereocenters. The van der Waals surface area contributed by atoms with Gasteiger partial charge in [0.25, 0.3) is 0 Å². The third-order valence-corrected chi connectivity index (χ3v) is 17.7. The second kappa shape index (κ2) is 4.42. The summed E-state index contributed by atoms with van der Waals surface area (Å²) in [6, 6.07) is 0. The summed E-state index contributed by atoms with van der Waals surface area (Å²) in [7, 11) is 0. The molecule has 0 unspecified atom stereocenters. The molecule has 0 aliphatic rings. The SMILES string of the molecule is [CH3][Sn]([CH3])([CH3])[c]1csc2sc[c]([Sn]([CH3])([CH3])[CH3])c12. The molecule has 0 radical (unpaired) electrons. The Labute approximate surface area is 115 Å². The Balaban J connectivity index is 2.74. The fourth-order valence-electron chi connectivity index (χ4n) is 1.96. The summed E-state index contributed by atoms with van der Waals surface area (Å²) >= 11 is 0.141. The summed E-state index contributed by atoms with van der Waals surface area (Å²) in [5.74, 6) is 0. The van der Waals surface area contributed by atoms with Crippen LogP contribution in [0, 0.1) is 0 Å². The van der Waals surface area contributed by atoms with Gasteiger partial charge in [-0.1, -0.05) is 0 Å². The molecule has 0 bridgehead atoms. The molecule has 2 heterocycles. The molecule has 2 aromatic rings. The van der Waals surface area contributed by atoms with Crippen LogP contribution >= 0.6 is 22.7 Å². The van der Waals surface area contributed by atoms with Gasteiger partial charge in [-0.05, 0) is 0 Å². The Morgan fingerprint density at radius 1 is 0.750 bits per heavy atom. The Morgan fingerprint density at radius 2 is 1.12 bits per heavy atom. The molecule has 0 aliphatic heterocycles. The molecule has 2 rings (SSSR count). The number of hydrogen-bond donors (Lipinski definition) is 0. The van der Waals surface area contributed by atoms with Crippen molar-refractivity contribution in [3.05, 3.63) is 10.8 Å². The monoisotopic (exact) mass is 468 g/mol. The van der Waals surface area contributed by atoms with Crippen LogP contribution in [0.4, 0.5) is 0 Å². The van der Waals surface area contributed by atoms with E-state index in [2.05, 4.69) is 40.4 Å². The van der Waals surface area contributed by atoms with Gasteiger partial charge in [0.15, 0.2) is 0 Å². The van der Waals surface area contributed by atoms with E-state index in [1.54, 1.807) is 16.6 Å². The molecular weight excluding hydrogens is 446 g/mol. The fourth-order valence-corrected chi connectivity index (χ4v) is 19.4. The molecule has 16 heavy (non-hydrogen) atoms. The predicted molar refractivity (Wildman–Crippen MR) is 85.7 cm³/mol. The van der Waals surface area contributed by atoms with Gasteiger partial charge in [-0.15, -0.1) is 0 Å². The van der Waals surface area contributed by atoms with Gasteiger partial charge in [0.05, 0.1) is 0 Å². The maximum absolute atomic E-state index is 2.54. The van der Waals surface area contributed by atoms with E-state index in [-0.39, 0.29) is 0 Å². The molecule has 0 aromatic carbocycles. The van der Waals surface area contributed by atoms with E-state index in [4.69, 9.17) is 0 Å². The molecule has 0 saturated heterocycles. The van der Waals surface area contributed by atoms with Crippen LogP contribution in [0.25, 0.3) is 9.40 Å². The van der Waals surface area contributed by atoms with Crippen molar-refractivity contribution >= 4 is 76.0 Å². The van der Waals surface area contributed by atoms with Crippen molar-refractivity contribution in [3.8, 4) is 0 Å². The fraction of sp³-hybridized carbons (Fsp3) is 0.500. The van der Waals surface area contributed by atoms with Crippen LogP contribution in [0.15, 0.2) is 10.8 Å². The molecule has 0 N–H and O–H groups in total. The molecule has 0 saturated carbocycles. The molecule has 4 heteroatoms. The zero-order valence-electron chi connectivity index (χ0n) is 11.0. The van der Waals surface area contributed by atoms with Crippen molar-refractivity contribution in [2.24, 2.45) is 0 Å². The Bertz CT molecular complexity index is 466.